The molecule has 0 N–H and O–H groups in total. The van der Waals surface area contributed by atoms with Crippen LogP contribution in [0.15, 0.2) is 10.6 Å². The second-order valence-electron chi connectivity index (χ2n) is 5.06. The number of hydrogen-bond acceptors (Lipinski definition) is 4. The Morgan fingerprint density at radius 2 is 1.76 bits per heavy atom. The van der Waals surface area contributed by atoms with Crippen molar-refractivity contribution in [1.29, 1.82) is 0 Å². The molecule has 1 aliphatic heterocycles. The third-order valence-electron chi connectivity index (χ3n) is 3.72. The zero-order valence-corrected chi connectivity index (χ0v) is 12.8. The predicted octanol–water partition coefficient (Wildman–Crippen LogP) is 1.20. The number of amides is 3. The first-order chi connectivity index (χ1) is 10.1. The van der Waals surface area contributed by atoms with Gasteiger partial charge in [-0.15, -0.1) is 0 Å². The van der Waals surface area contributed by atoms with Gasteiger partial charge in [-0.25, -0.2) is 4.79 Å². The summed E-state index contributed by atoms with van der Waals surface area (Å²) in [5.74, 6) is 0.482. The average Bonchev–Trinajstić information content (AvgIpc) is 2.94. The van der Waals surface area contributed by atoms with Crippen LogP contribution < -0.4 is 0 Å². The lowest BCUT2D eigenvalue weighted by atomic mass is 10.2. The Bertz CT molecular complexity index is 502. The molecule has 0 unspecified atom stereocenters. The standard InChI is InChI=1S/C14H22N4O3/c1-4-16(5-2)14(20)18-8-6-17(7-9-18)13(19)12-10-11(3)21-15-12/h10H,4-9H2,1-3H3. The van der Waals surface area contributed by atoms with Gasteiger partial charge in [0.05, 0.1) is 0 Å². The van der Waals surface area contributed by atoms with Crippen molar-refractivity contribution in [1.82, 2.24) is 19.9 Å². The third-order valence-corrected chi connectivity index (χ3v) is 3.72. The lowest BCUT2D eigenvalue weighted by molar-refractivity contribution is 0.0632. The summed E-state index contributed by atoms with van der Waals surface area (Å²) in [7, 11) is 0. The molecule has 0 saturated carbocycles. The number of aromatic nitrogens is 1. The van der Waals surface area contributed by atoms with Crippen LogP contribution in [0.5, 0.6) is 0 Å². The number of urea groups is 1. The van der Waals surface area contributed by atoms with Crippen molar-refractivity contribution in [3.63, 3.8) is 0 Å². The maximum Gasteiger partial charge on any atom is 0.320 e. The predicted molar refractivity (Wildman–Crippen MR) is 77.0 cm³/mol. The molecule has 0 spiro atoms. The first-order valence-electron chi connectivity index (χ1n) is 7.33. The minimum absolute atomic E-state index is 0.0457. The van der Waals surface area contributed by atoms with Gasteiger partial charge in [0.2, 0.25) is 0 Å². The minimum Gasteiger partial charge on any atom is -0.361 e. The van der Waals surface area contributed by atoms with Crippen LogP contribution in [0.25, 0.3) is 0 Å². The zero-order chi connectivity index (χ0) is 15.4. The summed E-state index contributed by atoms with van der Waals surface area (Å²) in [5.41, 5.74) is 0.330. The summed E-state index contributed by atoms with van der Waals surface area (Å²) in [5, 5.41) is 3.74. The second-order valence-corrected chi connectivity index (χ2v) is 5.06. The monoisotopic (exact) mass is 294 g/mol. The largest absolute Gasteiger partial charge is 0.361 e. The quantitative estimate of drug-likeness (QED) is 0.840. The Morgan fingerprint density at radius 3 is 2.24 bits per heavy atom. The number of carbonyl (C=O) groups excluding carboxylic acids is 2. The Morgan fingerprint density at radius 1 is 1.19 bits per heavy atom. The van der Waals surface area contributed by atoms with E-state index in [1.807, 2.05) is 13.8 Å². The molecule has 1 aromatic rings. The van der Waals surface area contributed by atoms with Crippen LogP contribution in [-0.4, -0.2) is 71.1 Å². The van der Waals surface area contributed by atoms with Crippen LogP contribution in [0, 0.1) is 6.92 Å². The van der Waals surface area contributed by atoms with Gasteiger partial charge in [0.25, 0.3) is 5.91 Å². The maximum absolute atomic E-state index is 12.2. The molecule has 0 aliphatic carbocycles. The van der Waals surface area contributed by atoms with Gasteiger partial charge < -0.3 is 19.2 Å². The molecule has 0 bridgehead atoms. The molecule has 1 aliphatic rings. The van der Waals surface area contributed by atoms with Gasteiger partial charge in [0.1, 0.15) is 5.76 Å². The normalized spacial score (nSPS) is 15.2. The molecular formula is C14H22N4O3. The zero-order valence-electron chi connectivity index (χ0n) is 12.8. The molecule has 1 aromatic heterocycles. The van der Waals surface area contributed by atoms with Gasteiger partial charge >= 0.3 is 6.03 Å². The number of carbonyl (C=O) groups is 2. The van der Waals surface area contributed by atoms with Crippen LogP contribution in [0.4, 0.5) is 4.79 Å². The fraction of sp³-hybridized carbons (Fsp3) is 0.643. The van der Waals surface area contributed by atoms with Gasteiger partial charge in [-0.05, 0) is 20.8 Å². The molecule has 0 atom stereocenters. The maximum atomic E-state index is 12.2. The average molecular weight is 294 g/mol. The van der Waals surface area contributed by atoms with E-state index in [1.54, 1.807) is 27.7 Å². The van der Waals surface area contributed by atoms with Crippen molar-refractivity contribution >= 4 is 11.9 Å². The van der Waals surface area contributed by atoms with Crippen molar-refractivity contribution in [2.45, 2.75) is 20.8 Å². The number of rotatable bonds is 3. The van der Waals surface area contributed by atoms with Crippen molar-refractivity contribution in [2.24, 2.45) is 0 Å². The highest BCUT2D eigenvalue weighted by atomic mass is 16.5. The van der Waals surface area contributed by atoms with E-state index in [9.17, 15) is 9.59 Å². The van der Waals surface area contributed by atoms with Crippen molar-refractivity contribution in [3.8, 4) is 0 Å². The molecule has 7 nitrogen and oxygen atoms in total. The van der Waals surface area contributed by atoms with E-state index in [4.69, 9.17) is 4.52 Å². The smallest absolute Gasteiger partial charge is 0.320 e. The van der Waals surface area contributed by atoms with E-state index in [1.165, 1.54) is 0 Å². The highest BCUT2D eigenvalue weighted by Crippen LogP contribution is 2.10. The van der Waals surface area contributed by atoms with E-state index in [2.05, 4.69) is 5.16 Å². The number of aryl methyl sites for hydroxylation is 1. The van der Waals surface area contributed by atoms with Crippen molar-refractivity contribution < 1.29 is 14.1 Å². The second kappa shape index (κ2) is 6.60. The van der Waals surface area contributed by atoms with Crippen LogP contribution in [0.2, 0.25) is 0 Å². The van der Waals surface area contributed by atoms with Gasteiger partial charge in [-0.2, -0.15) is 0 Å². The van der Waals surface area contributed by atoms with Crippen molar-refractivity contribution in [2.75, 3.05) is 39.3 Å². The van der Waals surface area contributed by atoms with Gasteiger partial charge in [0.15, 0.2) is 5.69 Å². The van der Waals surface area contributed by atoms with E-state index in [0.717, 1.165) is 0 Å². The fourth-order valence-electron chi connectivity index (χ4n) is 2.42. The van der Waals surface area contributed by atoms with E-state index in [-0.39, 0.29) is 11.9 Å². The Labute approximate surface area is 124 Å². The topological polar surface area (TPSA) is 69.9 Å². The van der Waals surface area contributed by atoms with E-state index >= 15 is 0 Å². The van der Waals surface area contributed by atoms with Crippen molar-refractivity contribution in [3.05, 3.63) is 17.5 Å². The van der Waals surface area contributed by atoms with Crippen LogP contribution in [-0.2, 0) is 0 Å². The molecule has 2 rings (SSSR count). The van der Waals surface area contributed by atoms with Gasteiger partial charge in [-0.1, -0.05) is 5.16 Å². The highest BCUT2D eigenvalue weighted by Gasteiger charge is 2.27. The molecule has 3 amide bonds. The molecule has 2 heterocycles. The van der Waals surface area contributed by atoms with Crippen LogP contribution >= 0.6 is 0 Å². The highest BCUT2D eigenvalue weighted by molar-refractivity contribution is 5.92. The Hall–Kier alpha value is -2.05. The van der Waals surface area contributed by atoms with Gasteiger partial charge in [-0.3, -0.25) is 4.79 Å². The van der Waals surface area contributed by atoms with E-state index < -0.39 is 0 Å². The summed E-state index contributed by atoms with van der Waals surface area (Å²) in [6.07, 6.45) is 0. The van der Waals surface area contributed by atoms with Crippen LogP contribution in [0.1, 0.15) is 30.1 Å². The minimum atomic E-state index is -0.137. The SMILES string of the molecule is CCN(CC)C(=O)N1CCN(C(=O)c2cc(C)on2)CC1. The number of piperazine rings is 1. The molecule has 1 saturated heterocycles. The molecular weight excluding hydrogens is 272 g/mol. The lowest BCUT2D eigenvalue weighted by Crippen LogP contribution is -2.54. The first kappa shape index (κ1) is 15.3. The summed E-state index contributed by atoms with van der Waals surface area (Å²) in [6.45, 7) is 9.25. The Balaban J connectivity index is 1.91. The molecule has 116 valence electrons. The van der Waals surface area contributed by atoms with E-state index in [0.29, 0.717) is 50.7 Å². The lowest BCUT2D eigenvalue weighted by Gasteiger charge is -2.36. The number of nitrogens with zero attached hydrogens (tertiary/aromatic N) is 4. The summed E-state index contributed by atoms with van der Waals surface area (Å²) in [4.78, 5) is 29.8. The third kappa shape index (κ3) is 3.34. The number of hydrogen-bond donors (Lipinski definition) is 0. The summed E-state index contributed by atoms with van der Waals surface area (Å²) < 4.78 is 4.93. The summed E-state index contributed by atoms with van der Waals surface area (Å²) >= 11 is 0. The summed E-state index contributed by atoms with van der Waals surface area (Å²) in [6, 6.07) is 1.68. The first-order valence-corrected chi connectivity index (χ1v) is 7.33. The molecule has 21 heavy (non-hydrogen) atoms. The fourth-order valence-corrected chi connectivity index (χ4v) is 2.42. The van der Waals surface area contributed by atoms with Crippen LogP contribution in [0.3, 0.4) is 0 Å². The van der Waals surface area contributed by atoms with Gasteiger partial charge in [0, 0.05) is 45.3 Å². The molecule has 1 fully saturated rings. The molecule has 0 aromatic carbocycles. The Kier molecular flexibility index (Phi) is 4.82. The molecule has 7 heteroatoms. The molecule has 0 radical (unpaired) electrons.